The van der Waals surface area contributed by atoms with E-state index in [0.717, 1.165) is 32.7 Å². The van der Waals surface area contributed by atoms with Gasteiger partial charge in [-0.25, -0.2) is 0 Å². The number of ether oxygens (including phenoxy) is 1. The van der Waals surface area contributed by atoms with Crippen LogP contribution in [0, 0.1) is 5.21 Å². The number of aromatic nitrogens is 1. The minimum Gasteiger partial charge on any atom is -0.619 e. The van der Waals surface area contributed by atoms with Crippen molar-refractivity contribution in [1.82, 2.24) is 0 Å². The molecule has 3 nitrogen and oxygen atoms in total. The van der Waals surface area contributed by atoms with E-state index in [2.05, 4.69) is 24.3 Å². The maximum Gasteiger partial charge on any atom is 0.180 e. The average molecular weight is 277 g/mol. The molecule has 0 saturated heterocycles. The number of hydrogen-bond acceptors (Lipinski definition) is 2. The van der Waals surface area contributed by atoms with Gasteiger partial charge in [0, 0.05) is 12.1 Å². The zero-order valence-corrected chi connectivity index (χ0v) is 11.7. The van der Waals surface area contributed by atoms with Gasteiger partial charge in [-0.1, -0.05) is 36.4 Å². The lowest BCUT2D eigenvalue weighted by atomic mass is 10.0. The molecular formula is C18H15NO2. The van der Waals surface area contributed by atoms with E-state index in [0.29, 0.717) is 0 Å². The molecule has 21 heavy (non-hydrogen) atoms. The van der Waals surface area contributed by atoms with E-state index in [4.69, 9.17) is 4.74 Å². The van der Waals surface area contributed by atoms with Crippen molar-refractivity contribution in [3.05, 3.63) is 78.3 Å². The summed E-state index contributed by atoms with van der Waals surface area (Å²) in [7, 11) is 1.66. The van der Waals surface area contributed by atoms with E-state index in [-0.39, 0.29) is 0 Å². The minimum absolute atomic E-state index is 0.787. The van der Waals surface area contributed by atoms with Gasteiger partial charge in [0.25, 0.3) is 0 Å². The number of pyridine rings is 1. The van der Waals surface area contributed by atoms with E-state index >= 15 is 0 Å². The minimum atomic E-state index is 0.787. The van der Waals surface area contributed by atoms with Crippen LogP contribution >= 0.6 is 0 Å². The van der Waals surface area contributed by atoms with Crippen molar-refractivity contribution >= 4 is 0 Å². The molecule has 0 saturated carbocycles. The van der Waals surface area contributed by atoms with Crippen LogP contribution in [0.1, 0.15) is 0 Å². The van der Waals surface area contributed by atoms with Crippen molar-refractivity contribution in [2.75, 3.05) is 7.11 Å². The van der Waals surface area contributed by atoms with E-state index in [1.54, 1.807) is 7.11 Å². The molecule has 0 bridgehead atoms. The summed E-state index contributed by atoms with van der Waals surface area (Å²) in [6.45, 7) is 0. The molecule has 0 amide bonds. The first-order chi connectivity index (χ1) is 10.3. The number of nitrogens with zero attached hydrogens (tertiary/aromatic N) is 1. The van der Waals surface area contributed by atoms with Crippen LogP contribution in [0.25, 0.3) is 22.3 Å². The Balaban J connectivity index is 1.87. The molecule has 0 aliphatic rings. The molecule has 0 unspecified atom stereocenters. The number of rotatable bonds is 3. The highest BCUT2D eigenvalue weighted by Gasteiger charge is 2.02. The molecule has 0 aliphatic heterocycles. The third-order valence-corrected chi connectivity index (χ3v) is 3.44. The average Bonchev–Trinajstić information content (AvgIpc) is 2.56. The molecule has 0 radical (unpaired) electrons. The quantitative estimate of drug-likeness (QED) is 0.541. The lowest BCUT2D eigenvalue weighted by Crippen LogP contribution is -2.23. The summed E-state index contributed by atoms with van der Waals surface area (Å²) < 4.78 is 5.95. The number of benzene rings is 2. The van der Waals surface area contributed by atoms with Gasteiger partial charge in [0.05, 0.1) is 7.11 Å². The van der Waals surface area contributed by atoms with Crippen LogP contribution in [0.5, 0.6) is 5.75 Å². The summed E-state index contributed by atoms with van der Waals surface area (Å²) >= 11 is 0. The van der Waals surface area contributed by atoms with Crippen LogP contribution in [-0.2, 0) is 0 Å². The molecular weight excluding hydrogens is 262 g/mol. The molecule has 3 heteroatoms. The predicted octanol–water partition coefficient (Wildman–Crippen LogP) is 3.66. The van der Waals surface area contributed by atoms with Gasteiger partial charge in [-0.2, -0.15) is 4.73 Å². The van der Waals surface area contributed by atoms with Gasteiger partial charge in [-0.15, -0.1) is 0 Å². The molecule has 0 atom stereocenters. The second-order valence-corrected chi connectivity index (χ2v) is 4.75. The summed E-state index contributed by atoms with van der Waals surface area (Å²) in [5.41, 5.74) is 4.42. The van der Waals surface area contributed by atoms with Gasteiger partial charge >= 0.3 is 0 Å². The van der Waals surface area contributed by atoms with Gasteiger partial charge in [0.1, 0.15) is 5.75 Å². The van der Waals surface area contributed by atoms with Gasteiger partial charge in [0.15, 0.2) is 12.4 Å². The Hall–Kier alpha value is -2.81. The Bertz CT molecular complexity index is 717. The largest absolute Gasteiger partial charge is 0.619 e. The summed E-state index contributed by atoms with van der Waals surface area (Å²) in [5.74, 6) is 0.852. The highest BCUT2D eigenvalue weighted by atomic mass is 16.5. The van der Waals surface area contributed by atoms with Gasteiger partial charge in [-0.3, -0.25) is 0 Å². The topological polar surface area (TPSA) is 36.2 Å². The van der Waals surface area contributed by atoms with E-state index in [1.165, 1.54) is 12.4 Å². The van der Waals surface area contributed by atoms with Crippen molar-refractivity contribution in [3.8, 4) is 28.0 Å². The van der Waals surface area contributed by atoms with Crippen LogP contribution in [0.3, 0.4) is 0 Å². The standard InChI is InChI=1S/C18H15NO2/c1-21-18-8-6-16(7-9-18)14-2-4-15(5-3-14)17-10-12-19(20)13-11-17/h2-13H,1H3. The monoisotopic (exact) mass is 277 g/mol. The SMILES string of the molecule is COc1ccc(-c2ccc(-c3cc[n+]([O-])cc3)cc2)cc1. The lowest BCUT2D eigenvalue weighted by Gasteiger charge is -2.06. The highest BCUT2D eigenvalue weighted by molar-refractivity contribution is 5.70. The summed E-state index contributed by atoms with van der Waals surface area (Å²) in [6.07, 6.45) is 3.01. The Labute approximate surface area is 123 Å². The third kappa shape index (κ3) is 2.87. The van der Waals surface area contributed by atoms with Gasteiger partial charge in [-0.05, 0) is 34.4 Å². The molecule has 3 rings (SSSR count). The zero-order chi connectivity index (χ0) is 14.7. The lowest BCUT2D eigenvalue weighted by molar-refractivity contribution is -0.605. The molecule has 2 aromatic carbocycles. The van der Waals surface area contributed by atoms with Gasteiger partial charge in [0.2, 0.25) is 0 Å². The Morgan fingerprint density at radius 1 is 0.667 bits per heavy atom. The van der Waals surface area contributed by atoms with Crippen molar-refractivity contribution in [2.45, 2.75) is 0 Å². The van der Waals surface area contributed by atoms with Crippen LogP contribution < -0.4 is 9.47 Å². The fraction of sp³-hybridized carbons (Fsp3) is 0.0556. The Morgan fingerprint density at radius 3 is 1.48 bits per heavy atom. The molecule has 104 valence electrons. The maximum absolute atomic E-state index is 11.1. The second-order valence-electron chi connectivity index (χ2n) is 4.75. The highest BCUT2D eigenvalue weighted by Crippen LogP contribution is 2.25. The summed E-state index contributed by atoms with van der Waals surface area (Å²) in [6, 6.07) is 19.9. The number of hydrogen-bond donors (Lipinski definition) is 0. The summed E-state index contributed by atoms with van der Waals surface area (Å²) in [5, 5.41) is 11.1. The van der Waals surface area contributed by atoms with Crippen LogP contribution in [0.4, 0.5) is 0 Å². The van der Waals surface area contributed by atoms with Crippen molar-refractivity contribution in [2.24, 2.45) is 0 Å². The molecule has 0 N–H and O–H groups in total. The molecule has 0 fully saturated rings. The van der Waals surface area contributed by atoms with Crippen molar-refractivity contribution in [3.63, 3.8) is 0 Å². The molecule has 0 aliphatic carbocycles. The zero-order valence-electron chi connectivity index (χ0n) is 11.7. The summed E-state index contributed by atoms with van der Waals surface area (Å²) in [4.78, 5) is 0. The van der Waals surface area contributed by atoms with E-state index in [1.807, 2.05) is 36.4 Å². The van der Waals surface area contributed by atoms with Crippen molar-refractivity contribution in [1.29, 1.82) is 0 Å². The first kappa shape index (κ1) is 13.2. The van der Waals surface area contributed by atoms with Crippen molar-refractivity contribution < 1.29 is 9.47 Å². The smallest absolute Gasteiger partial charge is 0.180 e. The fourth-order valence-electron chi connectivity index (χ4n) is 2.24. The second kappa shape index (κ2) is 5.67. The Kier molecular flexibility index (Phi) is 3.56. The predicted molar refractivity (Wildman–Crippen MR) is 82.8 cm³/mol. The first-order valence-corrected chi connectivity index (χ1v) is 6.70. The molecule has 3 aromatic rings. The third-order valence-electron chi connectivity index (χ3n) is 3.44. The molecule has 0 spiro atoms. The molecule has 1 aromatic heterocycles. The number of methoxy groups -OCH3 is 1. The normalized spacial score (nSPS) is 10.3. The molecule has 1 heterocycles. The Morgan fingerprint density at radius 2 is 1.05 bits per heavy atom. The van der Waals surface area contributed by atoms with E-state index < -0.39 is 0 Å². The van der Waals surface area contributed by atoms with Crippen LogP contribution in [-0.4, -0.2) is 7.11 Å². The fourth-order valence-corrected chi connectivity index (χ4v) is 2.24. The van der Waals surface area contributed by atoms with Crippen LogP contribution in [0.2, 0.25) is 0 Å². The first-order valence-electron chi connectivity index (χ1n) is 6.70. The maximum atomic E-state index is 11.1. The van der Waals surface area contributed by atoms with Crippen LogP contribution in [0.15, 0.2) is 73.1 Å². The van der Waals surface area contributed by atoms with Gasteiger partial charge < -0.3 is 9.94 Å². The van der Waals surface area contributed by atoms with E-state index in [9.17, 15) is 5.21 Å².